The second-order valence-electron chi connectivity index (χ2n) is 5.45. The Morgan fingerprint density at radius 1 is 1.25 bits per heavy atom. The largest absolute Gasteiger partial charge is 0.481 e. The van der Waals surface area contributed by atoms with Gasteiger partial charge in [0, 0.05) is 27.2 Å². The molecule has 0 bridgehead atoms. The van der Waals surface area contributed by atoms with E-state index in [-0.39, 0.29) is 5.82 Å². The molecule has 20 heavy (non-hydrogen) atoms. The van der Waals surface area contributed by atoms with Crippen LogP contribution in [0.4, 0.5) is 5.82 Å². The van der Waals surface area contributed by atoms with Crippen molar-refractivity contribution in [2.45, 2.75) is 19.8 Å². The molecule has 8 heteroatoms. The van der Waals surface area contributed by atoms with E-state index in [1.54, 1.807) is 11.8 Å². The van der Waals surface area contributed by atoms with Gasteiger partial charge in [0.1, 0.15) is 0 Å². The predicted molar refractivity (Wildman–Crippen MR) is 71.9 cm³/mol. The summed E-state index contributed by atoms with van der Waals surface area (Å²) in [5.41, 5.74) is -1.69. The van der Waals surface area contributed by atoms with E-state index in [9.17, 15) is 19.5 Å². The van der Waals surface area contributed by atoms with Crippen LogP contribution < -0.4 is 16.1 Å². The third-order valence-electron chi connectivity index (χ3n) is 3.99. The molecular formula is C12H18N4O4. The number of nitrogens with zero attached hydrogens (tertiary/aromatic N) is 4. The number of carbonyl (C=O) groups is 1. The van der Waals surface area contributed by atoms with Gasteiger partial charge >= 0.3 is 11.7 Å². The lowest BCUT2D eigenvalue weighted by molar-refractivity contribution is -0.149. The maximum atomic E-state index is 12.1. The fourth-order valence-corrected chi connectivity index (χ4v) is 2.31. The van der Waals surface area contributed by atoms with Crippen molar-refractivity contribution in [2.24, 2.45) is 19.5 Å². The van der Waals surface area contributed by atoms with Gasteiger partial charge in [-0.05, 0) is 19.8 Å². The quantitative estimate of drug-likeness (QED) is 0.760. The molecule has 0 saturated carbocycles. The van der Waals surface area contributed by atoms with Crippen LogP contribution in [0.2, 0.25) is 0 Å². The summed E-state index contributed by atoms with van der Waals surface area (Å²) in [7, 11) is 2.89. The zero-order chi connectivity index (χ0) is 15.1. The van der Waals surface area contributed by atoms with Gasteiger partial charge < -0.3 is 10.0 Å². The minimum atomic E-state index is -0.821. The molecule has 0 aliphatic carbocycles. The summed E-state index contributed by atoms with van der Waals surface area (Å²) in [6, 6.07) is 0. The molecule has 2 rings (SSSR count). The van der Waals surface area contributed by atoms with Crippen LogP contribution in [0.15, 0.2) is 9.59 Å². The molecule has 0 aromatic carbocycles. The number of hydrogen-bond donors (Lipinski definition) is 1. The molecule has 1 aromatic rings. The van der Waals surface area contributed by atoms with E-state index in [0.29, 0.717) is 25.9 Å². The number of carboxylic acids is 1. The lowest BCUT2D eigenvalue weighted by Crippen LogP contribution is -2.48. The Balaban J connectivity index is 2.31. The predicted octanol–water partition coefficient (Wildman–Crippen LogP) is -0.830. The van der Waals surface area contributed by atoms with Crippen LogP contribution in [0.1, 0.15) is 19.8 Å². The fraction of sp³-hybridized carbons (Fsp3) is 0.667. The molecule has 1 aromatic heterocycles. The molecule has 8 nitrogen and oxygen atoms in total. The maximum Gasteiger partial charge on any atom is 0.346 e. The summed E-state index contributed by atoms with van der Waals surface area (Å²) >= 11 is 0. The minimum Gasteiger partial charge on any atom is -0.481 e. The molecule has 110 valence electrons. The first-order valence-electron chi connectivity index (χ1n) is 6.39. The minimum absolute atomic E-state index is 0.196. The average molecular weight is 282 g/mol. The van der Waals surface area contributed by atoms with E-state index >= 15 is 0 Å². The zero-order valence-electron chi connectivity index (χ0n) is 11.8. The summed E-state index contributed by atoms with van der Waals surface area (Å²) in [6.07, 6.45) is 0.881. The Labute approximate surface area is 115 Å². The van der Waals surface area contributed by atoms with Gasteiger partial charge in [-0.15, -0.1) is 5.10 Å². The van der Waals surface area contributed by atoms with Crippen molar-refractivity contribution in [1.29, 1.82) is 0 Å². The molecule has 1 aliphatic rings. The fourth-order valence-electron chi connectivity index (χ4n) is 2.31. The normalized spacial score (nSPS) is 18.1. The van der Waals surface area contributed by atoms with Crippen LogP contribution in [0.3, 0.4) is 0 Å². The lowest BCUT2D eigenvalue weighted by Gasteiger charge is -2.36. The Hall–Kier alpha value is -2.12. The molecule has 0 unspecified atom stereocenters. The summed E-state index contributed by atoms with van der Waals surface area (Å²) in [4.78, 5) is 36.6. The van der Waals surface area contributed by atoms with E-state index in [4.69, 9.17) is 0 Å². The lowest BCUT2D eigenvalue weighted by atomic mass is 9.80. The highest BCUT2D eigenvalue weighted by Crippen LogP contribution is 2.31. The molecule has 1 N–H and O–H groups in total. The Bertz CT molecular complexity index is 652. The number of hydrogen-bond acceptors (Lipinski definition) is 5. The van der Waals surface area contributed by atoms with Gasteiger partial charge in [-0.1, -0.05) is 0 Å². The van der Waals surface area contributed by atoms with E-state index in [1.165, 1.54) is 14.1 Å². The summed E-state index contributed by atoms with van der Waals surface area (Å²) in [6.45, 7) is 2.57. The molecule has 0 spiro atoms. The topological polar surface area (TPSA) is 97.4 Å². The van der Waals surface area contributed by atoms with Crippen molar-refractivity contribution >= 4 is 11.8 Å². The molecule has 1 fully saturated rings. The van der Waals surface area contributed by atoms with Crippen molar-refractivity contribution in [3.05, 3.63) is 20.8 Å². The number of rotatable bonds is 2. The monoisotopic (exact) mass is 282 g/mol. The average Bonchev–Trinajstić information content (AvgIpc) is 2.41. The third-order valence-corrected chi connectivity index (χ3v) is 3.99. The van der Waals surface area contributed by atoms with Crippen molar-refractivity contribution in [3.63, 3.8) is 0 Å². The van der Waals surface area contributed by atoms with Crippen molar-refractivity contribution in [3.8, 4) is 0 Å². The second-order valence-corrected chi connectivity index (χ2v) is 5.45. The van der Waals surface area contributed by atoms with Gasteiger partial charge in [-0.25, -0.2) is 9.48 Å². The Morgan fingerprint density at radius 3 is 2.30 bits per heavy atom. The number of anilines is 1. The van der Waals surface area contributed by atoms with Crippen LogP contribution in [0, 0.1) is 5.41 Å². The van der Waals surface area contributed by atoms with E-state index in [1.807, 2.05) is 0 Å². The van der Waals surface area contributed by atoms with Crippen LogP contribution in [-0.2, 0) is 18.9 Å². The number of piperidine rings is 1. The second kappa shape index (κ2) is 4.77. The van der Waals surface area contributed by atoms with Gasteiger partial charge in [-0.2, -0.15) is 0 Å². The van der Waals surface area contributed by atoms with Crippen molar-refractivity contribution in [2.75, 3.05) is 18.0 Å². The van der Waals surface area contributed by atoms with Crippen molar-refractivity contribution < 1.29 is 9.90 Å². The highest BCUT2D eigenvalue weighted by Gasteiger charge is 2.37. The standard InChI is InChI=1S/C12H18N4O4/c1-12(10(18)19)4-6-16(7-5-12)8-9(17)14(2)11(20)15(3)13-8/h4-7H2,1-3H3,(H,18,19). The molecule has 2 heterocycles. The van der Waals surface area contributed by atoms with Crippen LogP contribution in [0.5, 0.6) is 0 Å². The SMILES string of the molecule is Cn1nc(N2CCC(C)(C(=O)O)CC2)c(=O)n(C)c1=O. The summed E-state index contributed by atoms with van der Waals surface area (Å²) in [5.74, 6) is -0.625. The number of aromatic nitrogens is 3. The van der Waals surface area contributed by atoms with Gasteiger partial charge in [-0.3, -0.25) is 14.2 Å². The number of carboxylic acid groups (broad SMARTS) is 1. The number of aliphatic carboxylic acids is 1. The van der Waals surface area contributed by atoms with Crippen LogP contribution in [-0.4, -0.2) is 38.5 Å². The van der Waals surface area contributed by atoms with Gasteiger partial charge in [0.05, 0.1) is 5.41 Å². The maximum absolute atomic E-state index is 12.1. The van der Waals surface area contributed by atoms with Gasteiger partial charge in [0.25, 0.3) is 5.56 Å². The number of aryl methyl sites for hydroxylation is 1. The zero-order valence-corrected chi connectivity index (χ0v) is 11.8. The highest BCUT2D eigenvalue weighted by molar-refractivity contribution is 5.74. The summed E-state index contributed by atoms with van der Waals surface area (Å²) in [5, 5.41) is 13.2. The highest BCUT2D eigenvalue weighted by atomic mass is 16.4. The Kier molecular flexibility index (Phi) is 3.41. The molecule has 1 saturated heterocycles. The van der Waals surface area contributed by atoms with Crippen LogP contribution in [0.25, 0.3) is 0 Å². The first kappa shape index (κ1) is 14.3. The third kappa shape index (κ3) is 2.21. The van der Waals surface area contributed by atoms with E-state index in [2.05, 4.69) is 5.10 Å². The molecule has 0 radical (unpaired) electrons. The van der Waals surface area contributed by atoms with E-state index in [0.717, 1.165) is 9.25 Å². The van der Waals surface area contributed by atoms with Gasteiger partial charge in [0.2, 0.25) is 5.82 Å². The molecular weight excluding hydrogens is 264 g/mol. The first-order valence-corrected chi connectivity index (χ1v) is 6.39. The summed E-state index contributed by atoms with van der Waals surface area (Å²) < 4.78 is 2.12. The molecule has 0 atom stereocenters. The van der Waals surface area contributed by atoms with E-state index < -0.39 is 22.6 Å². The van der Waals surface area contributed by atoms with Crippen molar-refractivity contribution in [1.82, 2.24) is 14.3 Å². The smallest absolute Gasteiger partial charge is 0.346 e. The van der Waals surface area contributed by atoms with Crippen LogP contribution >= 0.6 is 0 Å². The molecule has 0 amide bonds. The molecule has 1 aliphatic heterocycles. The van der Waals surface area contributed by atoms with Gasteiger partial charge in [0.15, 0.2) is 0 Å². The first-order chi connectivity index (χ1) is 9.26. The Morgan fingerprint density at radius 2 is 1.80 bits per heavy atom.